The fraction of sp³-hybridized carbons (Fsp3) is 0.429. The van der Waals surface area contributed by atoms with E-state index in [1.807, 2.05) is 0 Å². The third kappa shape index (κ3) is 1.51. The molecule has 0 saturated heterocycles. The number of carbonyl (C=O) groups is 1. The largest absolute Gasteiger partial charge is 0.461 e. The van der Waals surface area contributed by atoms with Crippen LogP contribution in [-0.2, 0) is 11.8 Å². The maximum absolute atomic E-state index is 11.6. The van der Waals surface area contributed by atoms with Crippen LogP contribution in [-0.4, -0.2) is 22.4 Å². The molecule has 14 heavy (non-hydrogen) atoms. The van der Waals surface area contributed by atoms with Gasteiger partial charge in [0.05, 0.1) is 11.5 Å². The smallest absolute Gasteiger partial charge is 0.357 e. The summed E-state index contributed by atoms with van der Waals surface area (Å²) in [6.07, 6.45) is 0. The van der Waals surface area contributed by atoms with Gasteiger partial charge >= 0.3 is 5.97 Å². The number of aromatic nitrogens is 2. The molecule has 1 aromatic heterocycles. The molecule has 0 saturated carbocycles. The summed E-state index contributed by atoms with van der Waals surface area (Å²) < 4.78 is 9.48. The molecule has 5 nitrogen and oxygen atoms in total. The predicted molar refractivity (Wildman–Crippen MR) is 54.0 cm³/mol. The van der Waals surface area contributed by atoms with E-state index in [0.717, 1.165) is 9.92 Å². The molecule has 7 heteroatoms. The molecule has 1 N–H and O–H groups in total. The van der Waals surface area contributed by atoms with Crippen LogP contribution in [0.5, 0.6) is 0 Å². The Kier molecular flexibility index (Phi) is 2.71. The second kappa shape index (κ2) is 3.84. The molecule has 76 valence electrons. The number of ether oxygens (including phenoxy) is 1. The van der Waals surface area contributed by atoms with Crippen LogP contribution < -0.4 is 4.13 Å². The van der Waals surface area contributed by atoms with Crippen molar-refractivity contribution in [2.75, 3.05) is 6.61 Å². The highest BCUT2D eigenvalue weighted by Crippen LogP contribution is 2.38. The monoisotopic (exact) mass is 231 g/mol. The number of nitrogens with zero attached hydrogens (tertiary/aromatic N) is 2. The third-order valence-corrected chi connectivity index (χ3v) is 3.59. The first-order valence-electron chi connectivity index (χ1n) is 4.06. The molecule has 2 rings (SSSR count). The number of nitrogens with one attached hydrogen (secondary N) is 1. The normalized spacial score (nSPS) is 14.1. The van der Waals surface area contributed by atoms with E-state index >= 15 is 0 Å². The Hall–Kier alpha value is -0.660. The fourth-order valence-corrected chi connectivity index (χ4v) is 3.02. The zero-order valence-corrected chi connectivity index (χ0v) is 9.37. The standard InChI is InChI=1S/C7H9N3O2S2/c1-3-12-7(11)4-5-6(8-10(4)2)14-9-13-5/h9H,3H2,1-2H3. The number of rotatable bonds is 2. The highest BCUT2D eigenvalue weighted by molar-refractivity contribution is 8.15. The number of carbonyl (C=O) groups excluding carboxylic acids is 1. The van der Waals surface area contributed by atoms with Crippen LogP contribution in [0, 0.1) is 0 Å². The Labute approximate surface area is 89.8 Å². The Morgan fingerprint density at radius 3 is 3.14 bits per heavy atom. The van der Waals surface area contributed by atoms with Crippen molar-refractivity contribution in [3.05, 3.63) is 5.69 Å². The summed E-state index contributed by atoms with van der Waals surface area (Å²) in [6.45, 7) is 2.17. The summed E-state index contributed by atoms with van der Waals surface area (Å²) in [5, 5.41) is 5.02. The van der Waals surface area contributed by atoms with E-state index < -0.39 is 0 Å². The Morgan fingerprint density at radius 1 is 1.64 bits per heavy atom. The predicted octanol–water partition coefficient (Wildman–Crippen LogP) is 1.21. The van der Waals surface area contributed by atoms with Gasteiger partial charge in [-0.15, -0.1) is 0 Å². The van der Waals surface area contributed by atoms with Crippen LogP contribution in [0.25, 0.3) is 0 Å². The summed E-state index contributed by atoms with van der Waals surface area (Å²) in [5.41, 5.74) is 0.518. The minimum absolute atomic E-state index is 0.319. The summed E-state index contributed by atoms with van der Waals surface area (Å²) in [5.74, 6) is -0.319. The average Bonchev–Trinajstić information content (AvgIpc) is 2.63. The van der Waals surface area contributed by atoms with Gasteiger partial charge < -0.3 is 4.74 Å². The van der Waals surface area contributed by atoms with Crippen molar-refractivity contribution in [3.8, 4) is 0 Å². The van der Waals surface area contributed by atoms with Crippen molar-refractivity contribution in [2.45, 2.75) is 16.8 Å². The van der Waals surface area contributed by atoms with Gasteiger partial charge in [0.25, 0.3) is 0 Å². The van der Waals surface area contributed by atoms with Crippen LogP contribution in [0.1, 0.15) is 17.4 Å². The number of hydrogen-bond donors (Lipinski definition) is 1. The lowest BCUT2D eigenvalue weighted by Gasteiger charge is -2.02. The summed E-state index contributed by atoms with van der Waals surface area (Å²) in [7, 11) is 1.74. The molecule has 0 bridgehead atoms. The van der Waals surface area contributed by atoms with Crippen molar-refractivity contribution >= 4 is 29.9 Å². The quantitative estimate of drug-likeness (QED) is 0.610. The van der Waals surface area contributed by atoms with E-state index in [2.05, 4.69) is 9.23 Å². The molecule has 0 amide bonds. The highest BCUT2D eigenvalue weighted by atomic mass is 32.2. The molecule has 0 fully saturated rings. The molecular weight excluding hydrogens is 222 g/mol. The van der Waals surface area contributed by atoms with Crippen LogP contribution in [0.3, 0.4) is 0 Å². The first-order chi connectivity index (χ1) is 6.74. The fourth-order valence-electron chi connectivity index (χ4n) is 1.16. The molecule has 0 atom stereocenters. The van der Waals surface area contributed by atoms with Crippen LogP contribution in [0.4, 0.5) is 0 Å². The average molecular weight is 231 g/mol. The van der Waals surface area contributed by atoms with E-state index in [-0.39, 0.29) is 5.97 Å². The molecule has 0 aliphatic carbocycles. The van der Waals surface area contributed by atoms with Crippen molar-refractivity contribution in [1.29, 1.82) is 0 Å². The number of fused-ring (bicyclic) bond motifs is 1. The number of esters is 1. The van der Waals surface area contributed by atoms with Gasteiger partial charge in [-0.3, -0.25) is 4.68 Å². The van der Waals surface area contributed by atoms with Gasteiger partial charge in [0.15, 0.2) is 5.69 Å². The molecule has 1 aliphatic heterocycles. The second-order valence-corrected chi connectivity index (χ2v) is 4.48. The van der Waals surface area contributed by atoms with Gasteiger partial charge in [-0.05, 0) is 30.8 Å². The molecule has 0 radical (unpaired) electrons. The highest BCUT2D eigenvalue weighted by Gasteiger charge is 2.27. The Bertz CT molecular complexity index is 377. The lowest BCUT2D eigenvalue weighted by Crippen LogP contribution is -2.11. The van der Waals surface area contributed by atoms with Gasteiger partial charge in [0.1, 0.15) is 5.03 Å². The van der Waals surface area contributed by atoms with Crippen molar-refractivity contribution < 1.29 is 9.53 Å². The number of hydrogen-bond acceptors (Lipinski definition) is 6. The van der Waals surface area contributed by atoms with Gasteiger partial charge in [-0.1, -0.05) is 0 Å². The van der Waals surface area contributed by atoms with Gasteiger partial charge in [-0.25, -0.2) is 4.79 Å². The molecule has 1 aliphatic rings. The van der Waals surface area contributed by atoms with Gasteiger partial charge in [-0.2, -0.15) is 9.23 Å². The first-order valence-corrected chi connectivity index (χ1v) is 5.70. The lowest BCUT2D eigenvalue weighted by molar-refractivity contribution is 0.0509. The van der Waals surface area contributed by atoms with Crippen molar-refractivity contribution in [3.63, 3.8) is 0 Å². The zero-order valence-electron chi connectivity index (χ0n) is 7.73. The van der Waals surface area contributed by atoms with Gasteiger partial charge in [0, 0.05) is 7.05 Å². The van der Waals surface area contributed by atoms with E-state index in [1.54, 1.807) is 18.7 Å². The topological polar surface area (TPSA) is 56.1 Å². The van der Waals surface area contributed by atoms with Crippen LogP contribution in [0.15, 0.2) is 9.92 Å². The lowest BCUT2D eigenvalue weighted by atomic mass is 10.4. The van der Waals surface area contributed by atoms with Crippen LogP contribution in [0.2, 0.25) is 0 Å². The number of aryl methyl sites for hydroxylation is 1. The summed E-state index contributed by atoms with van der Waals surface area (Å²) in [6, 6.07) is 0. The molecular formula is C7H9N3O2S2. The summed E-state index contributed by atoms with van der Waals surface area (Å²) in [4.78, 5) is 12.4. The molecule has 0 spiro atoms. The molecule has 0 aromatic carbocycles. The van der Waals surface area contributed by atoms with E-state index in [0.29, 0.717) is 12.3 Å². The second-order valence-electron chi connectivity index (χ2n) is 2.61. The third-order valence-electron chi connectivity index (χ3n) is 1.72. The zero-order chi connectivity index (χ0) is 10.1. The minimum Gasteiger partial charge on any atom is -0.461 e. The SMILES string of the molecule is CCOC(=O)c1c2c(nn1C)SNS2. The maximum atomic E-state index is 11.6. The maximum Gasteiger partial charge on any atom is 0.357 e. The minimum atomic E-state index is -0.319. The first kappa shape index (κ1) is 9.88. The van der Waals surface area contributed by atoms with Crippen molar-refractivity contribution in [2.24, 2.45) is 7.05 Å². The van der Waals surface area contributed by atoms with Gasteiger partial charge in [0.2, 0.25) is 0 Å². The van der Waals surface area contributed by atoms with E-state index in [9.17, 15) is 4.79 Å². The summed E-state index contributed by atoms with van der Waals surface area (Å²) >= 11 is 2.81. The molecule has 2 heterocycles. The van der Waals surface area contributed by atoms with Crippen molar-refractivity contribution in [1.82, 2.24) is 13.9 Å². The molecule has 1 aromatic rings. The van der Waals surface area contributed by atoms with E-state index in [1.165, 1.54) is 23.9 Å². The Balaban J connectivity index is 2.37. The van der Waals surface area contributed by atoms with E-state index in [4.69, 9.17) is 4.74 Å². The Morgan fingerprint density at radius 2 is 2.43 bits per heavy atom. The van der Waals surface area contributed by atoms with Crippen LogP contribution >= 0.6 is 23.9 Å². The molecule has 0 unspecified atom stereocenters.